The molecule has 0 aromatic carbocycles. The molecule has 1 aliphatic heterocycles. The van der Waals surface area contributed by atoms with E-state index in [1.54, 1.807) is 0 Å². The molecule has 0 spiro atoms. The van der Waals surface area contributed by atoms with Gasteiger partial charge in [0.2, 0.25) is 0 Å². The van der Waals surface area contributed by atoms with Crippen LogP contribution in [0.2, 0.25) is 0 Å². The minimum atomic E-state index is -0.294. The van der Waals surface area contributed by atoms with E-state index in [2.05, 4.69) is 0 Å². The normalized spacial score (nSPS) is 16.6. The molecule has 4 heteroatoms. The summed E-state index contributed by atoms with van der Waals surface area (Å²) in [6.45, 7) is 6.88. The highest BCUT2D eigenvalue weighted by Gasteiger charge is 2.26. The van der Waals surface area contributed by atoms with Gasteiger partial charge in [0.25, 0.3) is 11.8 Å². The molecule has 1 rings (SSSR count). The lowest BCUT2D eigenvalue weighted by Crippen LogP contribution is -2.36. The summed E-state index contributed by atoms with van der Waals surface area (Å²) in [5, 5.41) is 0. The van der Waals surface area contributed by atoms with Crippen molar-refractivity contribution in [1.82, 2.24) is 4.90 Å². The quantitative estimate of drug-likeness (QED) is 0.640. The van der Waals surface area contributed by atoms with Gasteiger partial charge in [-0.2, -0.15) is 0 Å². The van der Waals surface area contributed by atoms with Crippen LogP contribution in [0.25, 0.3) is 0 Å². The van der Waals surface area contributed by atoms with Gasteiger partial charge >= 0.3 is 0 Å². The van der Waals surface area contributed by atoms with E-state index in [1.807, 2.05) is 20.8 Å². The van der Waals surface area contributed by atoms with E-state index < -0.39 is 0 Å². The number of imide groups is 1. The van der Waals surface area contributed by atoms with Crippen LogP contribution in [0.15, 0.2) is 12.2 Å². The summed E-state index contributed by atoms with van der Waals surface area (Å²) in [5.74, 6) is -0.459. The van der Waals surface area contributed by atoms with Crippen molar-refractivity contribution in [3.05, 3.63) is 12.2 Å². The van der Waals surface area contributed by atoms with Gasteiger partial charge in [-0.3, -0.25) is 14.5 Å². The van der Waals surface area contributed by atoms with Gasteiger partial charge in [0.1, 0.15) is 0 Å². The van der Waals surface area contributed by atoms with Crippen molar-refractivity contribution in [2.45, 2.75) is 32.8 Å². The number of rotatable bonds is 5. The fourth-order valence-corrected chi connectivity index (χ4v) is 1.50. The number of nitrogens with zero attached hydrogens (tertiary/aromatic N) is 1. The molecule has 0 aromatic rings. The van der Waals surface area contributed by atoms with Gasteiger partial charge in [-0.25, -0.2) is 0 Å². The molecule has 0 aliphatic carbocycles. The van der Waals surface area contributed by atoms with Crippen LogP contribution in [0, 0.1) is 0 Å². The Hall–Kier alpha value is -1.16. The van der Waals surface area contributed by atoms with Gasteiger partial charge in [0, 0.05) is 25.3 Å². The highest BCUT2D eigenvalue weighted by molar-refractivity contribution is 6.12. The molecule has 4 nitrogen and oxygen atoms in total. The molecule has 0 saturated carbocycles. The molecule has 0 N–H and O–H groups in total. The first-order valence-corrected chi connectivity index (χ1v) is 5.14. The number of hydrogen-bond acceptors (Lipinski definition) is 3. The Morgan fingerprint density at radius 2 is 1.80 bits per heavy atom. The molecule has 84 valence electrons. The predicted octanol–water partition coefficient (Wildman–Crippen LogP) is 1.12. The SMILES string of the molecule is CCOC(C)(C)CCN1C(=O)C=CC1=O. The topological polar surface area (TPSA) is 46.6 Å². The third-order valence-electron chi connectivity index (χ3n) is 2.37. The van der Waals surface area contributed by atoms with Gasteiger partial charge in [-0.05, 0) is 27.2 Å². The van der Waals surface area contributed by atoms with Crippen LogP contribution in [-0.4, -0.2) is 35.5 Å². The second-order valence-corrected chi connectivity index (χ2v) is 4.10. The maximum absolute atomic E-state index is 11.2. The van der Waals surface area contributed by atoms with Crippen LogP contribution in [0.3, 0.4) is 0 Å². The van der Waals surface area contributed by atoms with Crippen molar-refractivity contribution in [2.24, 2.45) is 0 Å². The smallest absolute Gasteiger partial charge is 0.253 e. The number of carbonyl (C=O) groups excluding carboxylic acids is 2. The fraction of sp³-hybridized carbons (Fsp3) is 0.636. The van der Waals surface area contributed by atoms with Crippen LogP contribution in [0.5, 0.6) is 0 Å². The third kappa shape index (κ3) is 3.16. The lowest BCUT2D eigenvalue weighted by molar-refractivity contribution is -0.137. The Bertz CT molecular complexity index is 276. The maximum Gasteiger partial charge on any atom is 0.253 e. The zero-order valence-corrected chi connectivity index (χ0v) is 9.45. The van der Waals surface area contributed by atoms with E-state index in [4.69, 9.17) is 4.74 Å². The van der Waals surface area contributed by atoms with Gasteiger partial charge in [-0.1, -0.05) is 0 Å². The average Bonchev–Trinajstić information content (AvgIpc) is 2.44. The average molecular weight is 211 g/mol. The molecular weight excluding hydrogens is 194 g/mol. The molecule has 0 bridgehead atoms. The lowest BCUT2D eigenvalue weighted by Gasteiger charge is -2.26. The standard InChI is InChI=1S/C11H17NO3/c1-4-15-11(2,3)7-8-12-9(13)5-6-10(12)14/h5-6H,4,7-8H2,1-3H3. The van der Waals surface area contributed by atoms with Gasteiger partial charge in [0.15, 0.2) is 0 Å². The number of ether oxygens (including phenoxy) is 1. The number of hydrogen-bond donors (Lipinski definition) is 0. The Labute approximate surface area is 89.9 Å². The minimum absolute atomic E-state index is 0.229. The van der Waals surface area contributed by atoms with Crippen LogP contribution in [-0.2, 0) is 14.3 Å². The molecule has 0 fully saturated rings. The summed E-state index contributed by atoms with van der Waals surface area (Å²) in [7, 11) is 0. The second kappa shape index (κ2) is 4.57. The molecular formula is C11H17NO3. The maximum atomic E-state index is 11.2. The molecule has 2 amide bonds. The van der Waals surface area contributed by atoms with E-state index in [0.717, 1.165) is 0 Å². The van der Waals surface area contributed by atoms with Crippen molar-refractivity contribution in [3.63, 3.8) is 0 Å². The van der Waals surface area contributed by atoms with Crippen LogP contribution < -0.4 is 0 Å². The predicted molar refractivity (Wildman–Crippen MR) is 56.2 cm³/mol. The van der Waals surface area contributed by atoms with Crippen molar-refractivity contribution < 1.29 is 14.3 Å². The Kier molecular flexibility index (Phi) is 3.63. The van der Waals surface area contributed by atoms with Gasteiger partial charge < -0.3 is 4.74 Å². The minimum Gasteiger partial charge on any atom is -0.376 e. The van der Waals surface area contributed by atoms with Crippen LogP contribution in [0.4, 0.5) is 0 Å². The molecule has 0 atom stereocenters. The molecule has 0 saturated heterocycles. The summed E-state index contributed by atoms with van der Waals surface area (Å²) in [4.78, 5) is 23.7. The van der Waals surface area contributed by atoms with Gasteiger partial charge in [0.05, 0.1) is 5.60 Å². The van der Waals surface area contributed by atoms with Crippen LogP contribution >= 0.6 is 0 Å². The first kappa shape index (κ1) is 11.9. The van der Waals surface area contributed by atoms with E-state index in [1.165, 1.54) is 17.1 Å². The molecule has 15 heavy (non-hydrogen) atoms. The van der Waals surface area contributed by atoms with Gasteiger partial charge in [-0.15, -0.1) is 0 Å². The summed E-state index contributed by atoms with van der Waals surface area (Å²) < 4.78 is 5.49. The Balaban J connectivity index is 2.44. The summed E-state index contributed by atoms with van der Waals surface area (Å²) in [5.41, 5.74) is -0.294. The molecule has 1 heterocycles. The molecule has 1 aliphatic rings. The third-order valence-corrected chi connectivity index (χ3v) is 2.37. The van der Waals surface area contributed by atoms with E-state index in [0.29, 0.717) is 19.6 Å². The van der Waals surface area contributed by atoms with Crippen LogP contribution in [0.1, 0.15) is 27.2 Å². The fourth-order valence-electron chi connectivity index (χ4n) is 1.50. The Morgan fingerprint density at radius 3 is 2.27 bits per heavy atom. The molecule has 0 aromatic heterocycles. The monoisotopic (exact) mass is 211 g/mol. The largest absolute Gasteiger partial charge is 0.376 e. The highest BCUT2D eigenvalue weighted by atomic mass is 16.5. The zero-order chi connectivity index (χ0) is 11.5. The first-order chi connectivity index (χ1) is 6.96. The molecule has 0 unspecified atom stereocenters. The summed E-state index contributed by atoms with van der Waals surface area (Å²) in [6, 6.07) is 0. The number of carbonyl (C=O) groups is 2. The van der Waals surface area contributed by atoms with E-state index >= 15 is 0 Å². The van der Waals surface area contributed by atoms with Crippen molar-refractivity contribution in [1.29, 1.82) is 0 Å². The zero-order valence-electron chi connectivity index (χ0n) is 9.45. The van der Waals surface area contributed by atoms with Crippen molar-refractivity contribution >= 4 is 11.8 Å². The lowest BCUT2D eigenvalue weighted by atomic mass is 10.1. The highest BCUT2D eigenvalue weighted by Crippen LogP contribution is 2.16. The molecule has 0 radical (unpaired) electrons. The summed E-state index contributed by atoms with van der Waals surface area (Å²) >= 11 is 0. The first-order valence-electron chi connectivity index (χ1n) is 5.14. The number of amides is 2. The Morgan fingerprint density at radius 1 is 1.27 bits per heavy atom. The van der Waals surface area contributed by atoms with E-state index in [9.17, 15) is 9.59 Å². The van der Waals surface area contributed by atoms with Crippen molar-refractivity contribution in [2.75, 3.05) is 13.2 Å². The van der Waals surface area contributed by atoms with Crippen molar-refractivity contribution in [3.8, 4) is 0 Å². The second-order valence-electron chi connectivity index (χ2n) is 4.10. The summed E-state index contributed by atoms with van der Waals surface area (Å²) in [6.07, 6.45) is 3.26. The van der Waals surface area contributed by atoms with E-state index in [-0.39, 0.29) is 17.4 Å².